The second-order valence-corrected chi connectivity index (χ2v) is 3.49. The normalized spacial score (nSPS) is 10.6. The molecule has 0 spiro atoms. The summed E-state index contributed by atoms with van der Waals surface area (Å²) in [6, 6.07) is 0. The molecule has 0 bridgehead atoms. The molecule has 0 aliphatic rings. The largest absolute Gasteiger partial charge is 0.380 e. The number of hydrogen-bond donors (Lipinski definition) is 1. The van der Waals surface area contributed by atoms with Gasteiger partial charge in [0.05, 0.1) is 6.61 Å². The van der Waals surface area contributed by atoms with Crippen LogP contribution in [0, 0.1) is 0 Å². The molecule has 0 aliphatic heterocycles. The fourth-order valence-electron chi connectivity index (χ4n) is 1.04. The molecule has 0 aliphatic carbocycles. The van der Waals surface area contributed by atoms with E-state index in [4.69, 9.17) is 16.3 Å². The molecule has 13 heavy (non-hydrogen) atoms. The van der Waals surface area contributed by atoms with E-state index in [1.165, 1.54) is 12.8 Å². The van der Waals surface area contributed by atoms with E-state index in [1.54, 1.807) is 0 Å². The number of nitrogens with one attached hydrogen (secondary N) is 1. The van der Waals surface area contributed by atoms with E-state index in [1.807, 2.05) is 0 Å². The molecule has 0 aromatic carbocycles. The summed E-state index contributed by atoms with van der Waals surface area (Å²) in [7, 11) is 0. The third-order valence-corrected chi connectivity index (χ3v) is 2.03. The van der Waals surface area contributed by atoms with Crippen molar-refractivity contribution in [2.75, 3.05) is 32.2 Å². The number of rotatable bonds is 10. The van der Waals surface area contributed by atoms with Crippen LogP contribution in [0.2, 0.25) is 0 Å². The summed E-state index contributed by atoms with van der Waals surface area (Å²) in [4.78, 5) is 0. The number of halogens is 1. The second kappa shape index (κ2) is 12.2. The van der Waals surface area contributed by atoms with Crippen LogP contribution in [0.1, 0.15) is 32.6 Å². The van der Waals surface area contributed by atoms with Crippen molar-refractivity contribution in [1.82, 2.24) is 5.32 Å². The molecular weight excluding hydrogens is 186 g/mol. The van der Waals surface area contributed by atoms with Crippen molar-refractivity contribution < 1.29 is 4.74 Å². The average Bonchev–Trinajstić information content (AvgIpc) is 2.16. The number of alkyl halides is 1. The Morgan fingerprint density at radius 1 is 1.08 bits per heavy atom. The van der Waals surface area contributed by atoms with Crippen LogP contribution >= 0.6 is 11.6 Å². The second-order valence-electron chi connectivity index (χ2n) is 3.11. The molecule has 0 atom stereocenters. The SMILES string of the molecule is CCCOCCNCCCCCCl. The maximum absolute atomic E-state index is 5.56. The van der Waals surface area contributed by atoms with Gasteiger partial charge in [-0.2, -0.15) is 0 Å². The van der Waals surface area contributed by atoms with Gasteiger partial charge in [-0.05, 0) is 25.8 Å². The maximum atomic E-state index is 5.56. The quantitative estimate of drug-likeness (QED) is 0.439. The van der Waals surface area contributed by atoms with E-state index in [2.05, 4.69) is 12.2 Å². The van der Waals surface area contributed by atoms with E-state index >= 15 is 0 Å². The van der Waals surface area contributed by atoms with E-state index in [9.17, 15) is 0 Å². The Bertz CT molecular complexity index is 81.0. The Hall–Kier alpha value is 0.210. The van der Waals surface area contributed by atoms with Gasteiger partial charge in [0.15, 0.2) is 0 Å². The highest BCUT2D eigenvalue weighted by Crippen LogP contribution is 1.95. The Kier molecular flexibility index (Phi) is 12.4. The Balaban J connectivity index is 2.76. The molecule has 0 radical (unpaired) electrons. The smallest absolute Gasteiger partial charge is 0.0590 e. The number of hydrogen-bond acceptors (Lipinski definition) is 2. The van der Waals surface area contributed by atoms with Crippen molar-refractivity contribution >= 4 is 11.6 Å². The predicted molar refractivity (Wildman–Crippen MR) is 58.6 cm³/mol. The van der Waals surface area contributed by atoms with Crippen LogP contribution in [0.5, 0.6) is 0 Å². The highest BCUT2D eigenvalue weighted by atomic mass is 35.5. The molecule has 1 N–H and O–H groups in total. The zero-order valence-corrected chi connectivity index (χ0v) is 9.41. The van der Waals surface area contributed by atoms with Gasteiger partial charge in [0.25, 0.3) is 0 Å². The minimum atomic E-state index is 0.791. The van der Waals surface area contributed by atoms with E-state index < -0.39 is 0 Å². The molecule has 0 rings (SSSR count). The molecule has 0 unspecified atom stereocenters. The third-order valence-electron chi connectivity index (χ3n) is 1.76. The minimum absolute atomic E-state index is 0.791. The summed E-state index contributed by atoms with van der Waals surface area (Å²) < 4.78 is 5.33. The van der Waals surface area contributed by atoms with Crippen LogP contribution in [-0.4, -0.2) is 32.2 Å². The lowest BCUT2D eigenvalue weighted by atomic mass is 10.2. The van der Waals surface area contributed by atoms with Gasteiger partial charge < -0.3 is 10.1 Å². The Labute approximate surface area is 87.0 Å². The zero-order chi connectivity index (χ0) is 9.78. The van der Waals surface area contributed by atoms with Crippen molar-refractivity contribution in [2.45, 2.75) is 32.6 Å². The van der Waals surface area contributed by atoms with Gasteiger partial charge in [-0.3, -0.25) is 0 Å². The van der Waals surface area contributed by atoms with Crippen molar-refractivity contribution in [1.29, 1.82) is 0 Å². The Morgan fingerprint density at radius 3 is 2.62 bits per heavy atom. The van der Waals surface area contributed by atoms with Gasteiger partial charge in [0, 0.05) is 19.0 Å². The van der Waals surface area contributed by atoms with Crippen LogP contribution < -0.4 is 5.32 Å². The highest BCUT2D eigenvalue weighted by Gasteiger charge is 1.89. The molecule has 3 heteroatoms. The first-order chi connectivity index (χ1) is 6.41. The van der Waals surface area contributed by atoms with Gasteiger partial charge in [-0.15, -0.1) is 11.6 Å². The lowest BCUT2D eigenvalue weighted by Crippen LogP contribution is -2.21. The van der Waals surface area contributed by atoms with Crippen molar-refractivity contribution in [3.05, 3.63) is 0 Å². The molecule has 0 aromatic rings. The van der Waals surface area contributed by atoms with Crippen LogP contribution in [-0.2, 0) is 4.74 Å². The van der Waals surface area contributed by atoms with Gasteiger partial charge in [-0.25, -0.2) is 0 Å². The summed E-state index contributed by atoms with van der Waals surface area (Å²) in [5.41, 5.74) is 0. The fourth-order valence-corrected chi connectivity index (χ4v) is 1.23. The van der Waals surface area contributed by atoms with E-state index in [0.717, 1.165) is 45.0 Å². The molecular formula is C10H22ClNO. The summed E-state index contributed by atoms with van der Waals surface area (Å²) in [6.07, 6.45) is 4.69. The molecule has 0 heterocycles. The average molecular weight is 208 g/mol. The highest BCUT2D eigenvalue weighted by molar-refractivity contribution is 6.17. The fraction of sp³-hybridized carbons (Fsp3) is 1.00. The molecule has 0 saturated carbocycles. The summed E-state index contributed by atoms with van der Waals surface area (Å²) >= 11 is 5.56. The monoisotopic (exact) mass is 207 g/mol. The lowest BCUT2D eigenvalue weighted by molar-refractivity contribution is 0.136. The standard InChI is InChI=1S/C10H22ClNO/c1-2-9-13-10-8-12-7-5-3-4-6-11/h12H,2-10H2,1H3. The number of unbranched alkanes of at least 4 members (excludes halogenated alkanes) is 2. The van der Waals surface area contributed by atoms with Gasteiger partial charge in [0.1, 0.15) is 0 Å². The zero-order valence-electron chi connectivity index (χ0n) is 8.65. The van der Waals surface area contributed by atoms with Crippen molar-refractivity contribution in [3.63, 3.8) is 0 Å². The first kappa shape index (κ1) is 13.2. The van der Waals surface area contributed by atoms with Crippen molar-refractivity contribution in [3.8, 4) is 0 Å². The predicted octanol–water partition coefficient (Wildman–Crippen LogP) is 2.41. The van der Waals surface area contributed by atoms with Gasteiger partial charge in [-0.1, -0.05) is 13.3 Å². The van der Waals surface area contributed by atoms with Crippen LogP contribution in [0.4, 0.5) is 0 Å². The molecule has 2 nitrogen and oxygen atoms in total. The summed E-state index contributed by atoms with van der Waals surface area (Å²) in [6.45, 7) is 5.91. The summed E-state index contributed by atoms with van der Waals surface area (Å²) in [5, 5.41) is 3.34. The first-order valence-corrected chi connectivity index (χ1v) is 5.79. The van der Waals surface area contributed by atoms with E-state index in [0.29, 0.717) is 0 Å². The molecule has 0 fully saturated rings. The maximum Gasteiger partial charge on any atom is 0.0590 e. The van der Waals surface area contributed by atoms with Crippen LogP contribution in [0.15, 0.2) is 0 Å². The summed E-state index contributed by atoms with van der Waals surface area (Å²) in [5.74, 6) is 0.791. The topological polar surface area (TPSA) is 21.3 Å². The van der Waals surface area contributed by atoms with Crippen LogP contribution in [0.25, 0.3) is 0 Å². The first-order valence-electron chi connectivity index (χ1n) is 5.26. The molecule has 0 saturated heterocycles. The lowest BCUT2D eigenvalue weighted by Gasteiger charge is -2.04. The van der Waals surface area contributed by atoms with Gasteiger partial charge >= 0.3 is 0 Å². The molecule has 0 aromatic heterocycles. The molecule has 0 amide bonds. The third kappa shape index (κ3) is 12.2. The van der Waals surface area contributed by atoms with Crippen LogP contribution in [0.3, 0.4) is 0 Å². The van der Waals surface area contributed by atoms with E-state index in [-0.39, 0.29) is 0 Å². The van der Waals surface area contributed by atoms with Crippen molar-refractivity contribution in [2.24, 2.45) is 0 Å². The minimum Gasteiger partial charge on any atom is -0.380 e. The number of ether oxygens (including phenoxy) is 1. The van der Waals surface area contributed by atoms with Gasteiger partial charge in [0.2, 0.25) is 0 Å². The Morgan fingerprint density at radius 2 is 1.92 bits per heavy atom. The molecule has 80 valence electrons.